The van der Waals surface area contributed by atoms with Crippen molar-refractivity contribution < 1.29 is 15.0 Å². The van der Waals surface area contributed by atoms with Gasteiger partial charge in [-0.25, -0.2) is 4.79 Å². The van der Waals surface area contributed by atoms with Gasteiger partial charge in [0.15, 0.2) is 0 Å². The van der Waals surface area contributed by atoms with Crippen LogP contribution in [0, 0.1) is 0 Å². The number of nitrogens with zero attached hydrogens (tertiary/aromatic N) is 2. The third-order valence-electron chi connectivity index (χ3n) is 1.18. The van der Waals surface area contributed by atoms with E-state index in [9.17, 15) is 0 Å². The molecule has 74 valence electrons. The van der Waals surface area contributed by atoms with E-state index in [1.165, 1.54) is 5.69 Å². The van der Waals surface area contributed by atoms with E-state index >= 15 is 0 Å². The van der Waals surface area contributed by atoms with E-state index in [4.69, 9.17) is 15.0 Å². The fraction of sp³-hybridized carbons (Fsp3) is 0.250. The number of hydrogen-bond donors (Lipinski definition) is 2. The second kappa shape index (κ2) is 9.81. The SMILES string of the molecule is CN(C)c1ccncc1.O=C(O)O.[CsH]. The average Bonchev–Trinajstić information content (AvgIpc) is 2.05. The monoisotopic (exact) mass is 318 g/mol. The molecule has 0 aliphatic carbocycles. The molecule has 1 aromatic heterocycles. The van der Waals surface area contributed by atoms with Crippen LogP contribution in [0.25, 0.3) is 0 Å². The fourth-order valence-electron chi connectivity index (χ4n) is 0.642. The summed E-state index contributed by atoms with van der Waals surface area (Å²) in [6, 6.07) is 3.94. The molecule has 2 N–H and O–H groups in total. The zero-order valence-electron chi connectivity index (χ0n) is 7.51. The number of rotatable bonds is 1. The Morgan fingerprint density at radius 2 is 1.64 bits per heavy atom. The van der Waals surface area contributed by atoms with Gasteiger partial charge < -0.3 is 15.1 Å². The van der Waals surface area contributed by atoms with Crippen LogP contribution in [0.4, 0.5) is 10.5 Å². The van der Waals surface area contributed by atoms with Crippen molar-refractivity contribution in [1.82, 2.24) is 4.98 Å². The van der Waals surface area contributed by atoms with E-state index in [1.807, 2.05) is 31.1 Å². The van der Waals surface area contributed by atoms with Gasteiger partial charge >= 0.3 is 75.0 Å². The quantitative estimate of drug-likeness (QED) is 0.798. The van der Waals surface area contributed by atoms with Crippen LogP contribution in [0.5, 0.6) is 0 Å². The molecule has 5 nitrogen and oxygen atoms in total. The molecule has 0 spiro atoms. The summed E-state index contributed by atoms with van der Waals surface area (Å²) in [5.74, 6) is 0. The van der Waals surface area contributed by atoms with E-state index < -0.39 is 6.16 Å². The number of pyridine rings is 1. The average molecular weight is 318 g/mol. The van der Waals surface area contributed by atoms with Crippen molar-refractivity contribution >= 4 is 80.7 Å². The normalized spacial score (nSPS) is 7.57. The van der Waals surface area contributed by atoms with Crippen LogP contribution in [0.3, 0.4) is 0 Å². The predicted molar refractivity (Wildman–Crippen MR) is 56.4 cm³/mol. The maximum atomic E-state index is 8.56. The molecule has 1 heterocycles. The maximum absolute atomic E-state index is 8.56. The topological polar surface area (TPSA) is 73.7 Å². The van der Waals surface area contributed by atoms with Gasteiger partial charge in [0.05, 0.1) is 0 Å². The molecular formula is C8H13CsN2O3. The number of aromatic nitrogens is 1. The van der Waals surface area contributed by atoms with Crippen molar-refractivity contribution in [3.8, 4) is 0 Å². The first-order valence-corrected chi connectivity index (χ1v) is 3.53. The van der Waals surface area contributed by atoms with Gasteiger partial charge in [-0.3, -0.25) is 4.98 Å². The van der Waals surface area contributed by atoms with Gasteiger partial charge in [0.25, 0.3) is 0 Å². The van der Waals surface area contributed by atoms with Crippen molar-refractivity contribution in [2.45, 2.75) is 0 Å². The Bertz CT molecular complexity index is 250. The molecular weight excluding hydrogens is 305 g/mol. The Morgan fingerprint density at radius 1 is 1.29 bits per heavy atom. The van der Waals surface area contributed by atoms with Gasteiger partial charge in [-0.2, -0.15) is 0 Å². The summed E-state index contributed by atoms with van der Waals surface area (Å²) in [6.45, 7) is 0. The molecule has 0 fully saturated rings. The van der Waals surface area contributed by atoms with Crippen molar-refractivity contribution in [3.05, 3.63) is 24.5 Å². The minimum absolute atomic E-state index is 0. The number of carboxylic acid groups (broad SMARTS) is 2. The molecule has 1 aromatic rings. The Balaban J connectivity index is 0. The van der Waals surface area contributed by atoms with Crippen LogP contribution in [0.2, 0.25) is 0 Å². The van der Waals surface area contributed by atoms with Crippen LogP contribution in [0.1, 0.15) is 0 Å². The molecule has 14 heavy (non-hydrogen) atoms. The van der Waals surface area contributed by atoms with Gasteiger partial charge in [0, 0.05) is 32.2 Å². The summed E-state index contributed by atoms with van der Waals surface area (Å²) < 4.78 is 0. The summed E-state index contributed by atoms with van der Waals surface area (Å²) in [6.07, 6.45) is 1.74. The van der Waals surface area contributed by atoms with Crippen molar-refractivity contribution in [1.29, 1.82) is 0 Å². The molecule has 0 unspecified atom stereocenters. The summed E-state index contributed by atoms with van der Waals surface area (Å²) in [5, 5.41) is 13.9. The van der Waals surface area contributed by atoms with Gasteiger partial charge in [0.1, 0.15) is 0 Å². The van der Waals surface area contributed by atoms with Crippen molar-refractivity contribution in [2.24, 2.45) is 0 Å². The van der Waals surface area contributed by atoms with Crippen LogP contribution in [-0.4, -0.2) is 104 Å². The van der Waals surface area contributed by atoms with Crippen molar-refractivity contribution in [2.75, 3.05) is 19.0 Å². The molecule has 0 aliphatic heterocycles. The standard InChI is InChI=1S/C7H10N2.CH2O3.Cs.H/c1-9(2)7-3-5-8-6-4-7;2-1(3)4;;/h3-6H,1-2H3;(H2,2,3,4);;. The first-order valence-electron chi connectivity index (χ1n) is 3.53. The summed E-state index contributed by atoms with van der Waals surface area (Å²) in [4.78, 5) is 14.5. The molecule has 0 amide bonds. The zero-order chi connectivity index (χ0) is 10.3. The third-order valence-corrected chi connectivity index (χ3v) is 1.18. The number of carbonyl (C=O) groups is 1. The van der Waals surface area contributed by atoms with Crippen LogP contribution < -0.4 is 4.90 Å². The molecule has 0 aliphatic rings. The Hall–Kier alpha value is 0.272. The van der Waals surface area contributed by atoms with Crippen LogP contribution in [0.15, 0.2) is 24.5 Å². The van der Waals surface area contributed by atoms with E-state index in [0.717, 1.165) is 0 Å². The molecule has 0 atom stereocenters. The van der Waals surface area contributed by atoms with Gasteiger partial charge in [-0.05, 0) is 12.1 Å². The van der Waals surface area contributed by atoms with Gasteiger partial charge in [-0.15, -0.1) is 0 Å². The molecule has 6 heteroatoms. The summed E-state index contributed by atoms with van der Waals surface area (Å²) >= 11 is 0. The first kappa shape index (κ1) is 16.7. The second-order valence-electron chi connectivity index (χ2n) is 2.38. The Kier molecular flexibility index (Phi) is 11.7. The van der Waals surface area contributed by atoms with E-state index in [0.29, 0.717) is 0 Å². The van der Waals surface area contributed by atoms with Crippen LogP contribution >= 0.6 is 0 Å². The first-order chi connectivity index (χ1) is 6.04. The zero-order valence-corrected chi connectivity index (χ0v) is 7.51. The van der Waals surface area contributed by atoms with Gasteiger partial charge in [-0.1, -0.05) is 0 Å². The molecule has 1 rings (SSSR count). The van der Waals surface area contributed by atoms with E-state index in [-0.39, 0.29) is 68.9 Å². The fourth-order valence-corrected chi connectivity index (χ4v) is 0.642. The predicted octanol–water partition coefficient (Wildman–Crippen LogP) is 0.721. The Labute approximate surface area is 142 Å². The molecule has 0 bridgehead atoms. The Morgan fingerprint density at radius 3 is 1.86 bits per heavy atom. The molecule has 0 radical (unpaired) electrons. The van der Waals surface area contributed by atoms with E-state index in [2.05, 4.69) is 4.98 Å². The van der Waals surface area contributed by atoms with Gasteiger partial charge in [0.2, 0.25) is 0 Å². The summed E-state index contributed by atoms with van der Waals surface area (Å²) in [7, 11) is 4.02. The van der Waals surface area contributed by atoms with Crippen molar-refractivity contribution in [3.63, 3.8) is 0 Å². The number of hydrogen-bond acceptors (Lipinski definition) is 3. The summed E-state index contributed by atoms with van der Waals surface area (Å²) in [5.41, 5.74) is 1.19. The second-order valence-corrected chi connectivity index (χ2v) is 2.38. The third kappa shape index (κ3) is 10.4. The molecule has 0 saturated heterocycles. The van der Waals surface area contributed by atoms with Crippen LogP contribution in [-0.2, 0) is 0 Å². The molecule has 0 saturated carbocycles. The number of anilines is 1. The minimum atomic E-state index is -1.83. The molecule has 0 aromatic carbocycles. The van der Waals surface area contributed by atoms with E-state index in [1.54, 1.807) is 12.4 Å².